The van der Waals surface area contributed by atoms with Crippen molar-refractivity contribution in [2.24, 2.45) is 4.99 Å². The highest BCUT2D eigenvalue weighted by atomic mass is 32.1. The average Bonchev–Trinajstić information content (AvgIpc) is 3.17. The fourth-order valence-electron chi connectivity index (χ4n) is 2.64. The quantitative estimate of drug-likeness (QED) is 0.506. The fourth-order valence-corrected chi connectivity index (χ4v) is 3.44. The summed E-state index contributed by atoms with van der Waals surface area (Å²) in [6, 6.07) is 28.8. The van der Waals surface area contributed by atoms with Gasteiger partial charge in [0.25, 0.3) is 5.91 Å². The zero-order chi connectivity index (χ0) is 19.2. The molecule has 0 aliphatic carbocycles. The second-order valence-electron chi connectivity index (χ2n) is 6.00. The maximum Gasteiger partial charge on any atom is 0.279 e. The van der Waals surface area contributed by atoms with Crippen molar-refractivity contribution in [1.82, 2.24) is 9.78 Å². The van der Waals surface area contributed by atoms with Crippen LogP contribution >= 0.6 is 11.3 Å². The first-order valence-corrected chi connectivity index (χ1v) is 9.64. The molecule has 0 saturated heterocycles. The van der Waals surface area contributed by atoms with E-state index < -0.39 is 0 Å². The lowest BCUT2D eigenvalue weighted by Crippen LogP contribution is -2.16. The lowest BCUT2D eigenvalue weighted by Gasteiger charge is -2.00. The van der Waals surface area contributed by atoms with Gasteiger partial charge < -0.3 is 0 Å². The summed E-state index contributed by atoms with van der Waals surface area (Å²) in [5.41, 5.74) is 2.50. The lowest BCUT2D eigenvalue weighted by molar-refractivity contribution is 0.0998. The normalized spacial score (nSPS) is 11.8. The molecule has 136 valence electrons. The molecule has 0 saturated carbocycles. The average molecular weight is 383 g/mol. The number of nitrogens with zero attached hydrogens (tertiary/aromatic N) is 3. The van der Waals surface area contributed by atoms with Crippen LogP contribution in [0.2, 0.25) is 0 Å². The van der Waals surface area contributed by atoms with Gasteiger partial charge in [0.2, 0.25) is 4.80 Å². The third kappa shape index (κ3) is 4.22. The second kappa shape index (κ2) is 8.41. The first-order chi connectivity index (χ1) is 13.8. The number of benzene rings is 3. The molecule has 5 heteroatoms. The molecule has 1 aromatic heterocycles. The largest absolute Gasteiger partial charge is 0.279 e. The predicted molar refractivity (Wildman–Crippen MR) is 113 cm³/mol. The van der Waals surface area contributed by atoms with Crippen molar-refractivity contribution in [2.45, 2.75) is 0 Å². The van der Waals surface area contributed by atoms with Crippen LogP contribution in [0.25, 0.3) is 17.8 Å². The monoisotopic (exact) mass is 383 g/mol. The molecule has 0 aliphatic rings. The highest BCUT2D eigenvalue weighted by molar-refractivity contribution is 7.09. The summed E-state index contributed by atoms with van der Waals surface area (Å²) in [6.45, 7) is 0. The molecule has 4 nitrogen and oxygen atoms in total. The smallest absolute Gasteiger partial charge is 0.267 e. The molecule has 1 amide bonds. The van der Waals surface area contributed by atoms with E-state index in [9.17, 15) is 4.79 Å². The number of aromatic nitrogens is 2. The molecule has 1 heterocycles. The van der Waals surface area contributed by atoms with E-state index in [0.717, 1.165) is 16.3 Å². The predicted octanol–water partition coefficient (Wildman–Crippen LogP) is 4.85. The summed E-state index contributed by atoms with van der Waals surface area (Å²) in [6.07, 6.45) is 3.93. The first kappa shape index (κ1) is 17.8. The Labute approximate surface area is 166 Å². The van der Waals surface area contributed by atoms with E-state index in [1.54, 1.807) is 16.8 Å². The Hall–Kier alpha value is -3.57. The Bertz CT molecular complexity index is 1160. The van der Waals surface area contributed by atoms with E-state index in [4.69, 9.17) is 0 Å². The third-order valence-corrected chi connectivity index (χ3v) is 4.89. The fraction of sp³-hybridized carbons (Fsp3) is 0. The molecule has 4 aromatic rings. The minimum atomic E-state index is -0.285. The van der Waals surface area contributed by atoms with Crippen LogP contribution < -0.4 is 4.80 Å². The highest BCUT2D eigenvalue weighted by Crippen LogP contribution is 2.11. The van der Waals surface area contributed by atoms with Crippen molar-refractivity contribution < 1.29 is 4.79 Å². The van der Waals surface area contributed by atoms with Crippen LogP contribution in [0.4, 0.5) is 0 Å². The van der Waals surface area contributed by atoms with E-state index in [1.165, 1.54) is 11.3 Å². The zero-order valence-electron chi connectivity index (χ0n) is 15.0. The lowest BCUT2D eigenvalue weighted by atomic mass is 10.2. The molecule has 28 heavy (non-hydrogen) atoms. The standard InChI is InChI=1S/C23H17N3OS/c27-22(19-12-6-2-7-13-19)24-23-26(20-14-8-3-9-15-20)25-21(28-23)17-16-18-10-4-1-5-11-18/h1-17H/b17-16+,24-23?. The molecule has 0 spiro atoms. The number of hydrogen-bond donors (Lipinski definition) is 0. The molecular formula is C23H17N3OS. The maximum atomic E-state index is 12.6. The molecule has 0 fully saturated rings. The van der Waals surface area contributed by atoms with Crippen molar-refractivity contribution in [3.8, 4) is 5.69 Å². The van der Waals surface area contributed by atoms with Gasteiger partial charge in [-0.15, -0.1) is 0 Å². The van der Waals surface area contributed by atoms with E-state index in [0.29, 0.717) is 10.4 Å². The first-order valence-electron chi connectivity index (χ1n) is 8.82. The number of hydrogen-bond acceptors (Lipinski definition) is 3. The van der Waals surface area contributed by atoms with Crippen molar-refractivity contribution in [3.63, 3.8) is 0 Å². The molecule has 0 bridgehead atoms. The molecule has 4 rings (SSSR count). The van der Waals surface area contributed by atoms with Crippen LogP contribution in [0.1, 0.15) is 20.9 Å². The zero-order valence-corrected chi connectivity index (χ0v) is 15.8. The van der Waals surface area contributed by atoms with Gasteiger partial charge in [-0.25, -0.2) is 4.68 Å². The van der Waals surface area contributed by atoms with Gasteiger partial charge in [0, 0.05) is 5.56 Å². The number of amides is 1. The van der Waals surface area contributed by atoms with Gasteiger partial charge in [0.15, 0.2) is 0 Å². The third-order valence-electron chi connectivity index (χ3n) is 4.01. The molecule has 3 aromatic carbocycles. The van der Waals surface area contributed by atoms with Crippen LogP contribution in [0.3, 0.4) is 0 Å². The molecule has 0 atom stereocenters. The van der Waals surface area contributed by atoms with Crippen LogP contribution in [-0.4, -0.2) is 15.7 Å². The van der Waals surface area contributed by atoms with Gasteiger partial charge in [-0.3, -0.25) is 4.79 Å². The van der Waals surface area contributed by atoms with Crippen molar-refractivity contribution in [1.29, 1.82) is 0 Å². The van der Waals surface area contributed by atoms with Crippen molar-refractivity contribution in [2.75, 3.05) is 0 Å². The van der Waals surface area contributed by atoms with Gasteiger partial charge >= 0.3 is 0 Å². The Morgan fingerprint density at radius 1 is 0.821 bits per heavy atom. The summed E-state index contributed by atoms with van der Waals surface area (Å²) in [5.74, 6) is -0.285. The van der Waals surface area contributed by atoms with Crippen molar-refractivity contribution in [3.05, 3.63) is 112 Å². The van der Waals surface area contributed by atoms with Gasteiger partial charge in [0.05, 0.1) is 5.69 Å². The summed E-state index contributed by atoms with van der Waals surface area (Å²) >= 11 is 1.37. The molecule has 0 radical (unpaired) electrons. The Morgan fingerprint density at radius 3 is 2.11 bits per heavy atom. The van der Waals surface area contributed by atoms with Crippen LogP contribution in [-0.2, 0) is 0 Å². The Balaban J connectivity index is 1.76. The summed E-state index contributed by atoms with van der Waals surface area (Å²) in [4.78, 5) is 17.4. The van der Waals surface area contributed by atoms with Gasteiger partial charge in [-0.1, -0.05) is 84.1 Å². The number of rotatable bonds is 4. The minimum Gasteiger partial charge on any atom is -0.267 e. The maximum absolute atomic E-state index is 12.6. The van der Waals surface area contributed by atoms with E-state index in [2.05, 4.69) is 10.1 Å². The van der Waals surface area contributed by atoms with Crippen LogP contribution in [0.15, 0.2) is 96.0 Å². The highest BCUT2D eigenvalue weighted by Gasteiger charge is 2.08. The Morgan fingerprint density at radius 2 is 1.43 bits per heavy atom. The van der Waals surface area contributed by atoms with Gasteiger partial charge in [0.1, 0.15) is 5.01 Å². The number of carbonyl (C=O) groups is 1. The molecule has 0 N–H and O–H groups in total. The SMILES string of the molecule is O=C(N=c1sc(/C=C/c2ccccc2)nn1-c1ccccc1)c1ccccc1. The summed E-state index contributed by atoms with van der Waals surface area (Å²) in [7, 11) is 0. The molecule has 0 unspecified atom stereocenters. The second-order valence-corrected chi connectivity index (χ2v) is 6.98. The van der Waals surface area contributed by atoms with E-state index in [-0.39, 0.29) is 5.91 Å². The molecular weight excluding hydrogens is 366 g/mol. The van der Waals surface area contributed by atoms with Gasteiger partial charge in [-0.05, 0) is 35.9 Å². The minimum absolute atomic E-state index is 0.285. The summed E-state index contributed by atoms with van der Waals surface area (Å²) in [5, 5.41) is 5.42. The van der Waals surface area contributed by atoms with E-state index in [1.807, 2.05) is 91.0 Å². The van der Waals surface area contributed by atoms with E-state index >= 15 is 0 Å². The van der Waals surface area contributed by atoms with Crippen molar-refractivity contribution >= 4 is 29.4 Å². The van der Waals surface area contributed by atoms with Gasteiger partial charge in [-0.2, -0.15) is 10.1 Å². The molecule has 0 aliphatic heterocycles. The summed E-state index contributed by atoms with van der Waals surface area (Å²) < 4.78 is 1.70. The number of carbonyl (C=O) groups excluding carboxylic acids is 1. The number of para-hydroxylation sites is 1. The topological polar surface area (TPSA) is 47.2 Å². The van der Waals surface area contributed by atoms with Crippen LogP contribution in [0.5, 0.6) is 0 Å². The van der Waals surface area contributed by atoms with Crippen LogP contribution in [0, 0.1) is 0 Å². The Kier molecular flexibility index (Phi) is 5.36.